The Morgan fingerprint density at radius 3 is 2.75 bits per heavy atom. The average molecular weight is 270 g/mol. The minimum absolute atomic E-state index is 0.756. The average Bonchev–Trinajstić information content (AvgIpc) is 2.94. The number of likely N-dealkylation sites (tertiary alicyclic amines) is 1. The maximum atomic E-state index is 5.83. The second kappa shape index (κ2) is 6.09. The van der Waals surface area contributed by atoms with Gasteiger partial charge in [-0.3, -0.25) is 9.58 Å². The standard InChI is InChI=1S/C16H22N4/c17-16-4-1-3-15(11-16)12-19-9-5-14(6-10-19)13-20-8-2-7-18-20/h1-4,7-8,11,14H,5-6,9-10,12-13,17H2. The first-order valence-corrected chi connectivity index (χ1v) is 7.34. The number of anilines is 1. The SMILES string of the molecule is Nc1cccc(CN2CCC(Cn3cccn3)CC2)c1. The van der Waals surface area contributed by atoms with Gasteiger partial charge in [-0.05, 0) is 55.6 Å². The topological polar surface area (TPSA) is 47.1 Å². The van der Waals surface area contributed by atoms with E-state index < -0.39 is 0 Å². The van der Waals surface area contributed by atoms with Gasteiger partial charge >= 0.3 is 0 Å². The Morgan fingerprint density at radius 1 is 1.20 bits per heavy atom. The van der Waals surface area contributed by atoms with Crippen molar-refractivity contribution in [2.45, 2.75) is 25.9 Å². The summed E-state index contributed by atoms with van der Waals surface area (Å²) in [5, 5.41) is 4.30. The van der Waals surface area contributed by atoms with Crippen molar-refractivity contribution in [3.05, 3.63) is 48.3 Å². The molecule has 3 rings (SSSR count). The zero-order valence-corrected chi connectivity index (χ0v) is 11.8. The van der Waals surface area contributed by atoms with E-state index >= 15 is 0 Å². The fourth-order valence-electron chi connectivity index (χ4n) is 2.95. The van der Waals surface area contributed by atoms with Crippen LogP contribution in [-0.2, 0) is 13.1 Å². The fourth-order valence-corrected chi connectivity index (χ4v) is 2.95. The van der Waals surface area contributed by atoms with Crippen molar-refractivity contribution < 1.29 is 0 Å². The van der Waals surface area contributed by atoms with E-state index in [4.69, 9.17) is 5.73 Å². The van der Waals surface area contributed by atoms with Crippen LogP contribution in [0.1, 0.15) is 18.4 Å². The second-order valence-corrected chi connectivity index (χ2v) is 5.69. The molecular formula is C16H22N4. The molecule has 0 aliphatic carbocycles. The molecule has 0 radical (unpaired) electrons. The van der Waals surface area contributed by atoms with E-state index in [1.165, 1.54) is 31.5 Å². The summed E-state index contributed by atoms with van der Waals surface area (Å²) in [6.45, 7) is 4.40. The van der Waals surface area contributed by atoms with Gasteiger partial charge in [0.1, 0.15) is 0 Å². The molecule has 106 valence electrons. The predicted molar refractivity (Wildman–Crippen MR) is 81.1 cm³/mol. The fraction of sp³-hybridized carbons (Fsp3) is 0.438. The van der Waals surface area contributed by atoms with Gasteiger partial charge < -0.3 is 5.73 Å². The third-order valence-electron chi connectivity index (χ3n) is 4.07. The minimum Gasteiger partial charge on any atom is -0.399 e. The van der Waals surface area contributed by atoms with Gasteiger partial charge in [-0.2, -0.15) is 5.10 Å². The van der Waals surface area contributed by atoms with Crippen molar-refractivity contribution in [2.75, 3.05) is 18.8 Å². The molecule has 1 aliphatic rings. The van der Waals surface area contributed by atoms with Crippen LogP contribution in [0.4, 0.5) is 5.69 Å². The molecule has 0 spiro atoms. The molecule has 1 saturated heterocycles. The van der Waals surface area contributed by atoms with Crippen LogP contribution < -0.4 is 5.73 Å². The Labute approximate surface area is 120 Å². The summed E-state index contributed by atoms with van der Waals surface area (Å²) in [4.78, 5) is 2.52. The van der Waals surface area contributed by atoms with Crippen molar-refractivity contribution in [2.24, 2.45) is 5.92 Å². The summed E-state index contributed by atoms with van der Waals surface area (Å²) in [6.07, 6.45) is 6.42. The third kappa shape index (κ3) is 3.39. The number of aromatic nitrogens is 2. The maximum absolute atomic E-state index is 5.83. The van der Waals surface area contributed by atoms with E-state index in [1.807, 2.05) is 24.4 Å². The molecule has 1 aromatic heterocycles. The Bertz CT molecular complexity index is 527. The Kier molecular flexibility index (Phi) is 4.02. The highest BCUT2D eigenvalue weighted by Crippen LogP contribution is 2.20. The van der Waals surface area contributed by atoms with Crippen LogP contribution in [0.25, 0.3) is 0 Å². The molecule has 0 amide bonds. The minimum atomic E-state index is 0.756. The molecule has 1 aromatic carbocycles. The van der Waals surface area contributed by atoms with Crippen LogP contribution in [-0.4, -0.2) is 27.8 Å². The van der Waals surface area contributed by atoms with E-state index in [1.54, 1.807) is 0 Å². The van der Waals surface area contributed by atoms with Gasteiger partial charge in [0.2, 0.25) is 0 Å². The van der Waals surface area contributed by atoms with Gasteiger partial charge in [0, 0.05) is 31.2 Å². The highest BCUT2D eigenvalue weighted by Gasteiger charge is 2.19. The molecule has 1 aliphatic heterocycles. The van der Waals surface area contributed by atoms with E-state index in [2.05, 4.69) is 33.0 Å². The lowest BCUT2D eigenvalue weighted by Crippen LogP contribution is -2.34. The zero-order chi connectivity index (χ0) is 13.8. The summed E-state index contributed by atoms with van der Waals surface area (Å²) in [6, 6.07) is 10.2. The number of piperidine rings is 1. The van der Waals surface area contributed by atoms with Crippen molar-refractivity contribution in [3.8, 4) is 0 Å². The second-order valence-electron chi connectivity index (χ2n) is 5.69. The van der Waals surface area contributed by atoms with Crippen LogP contribution in [0.15, 0.2) is 42.7 Å². The molecule has 2 heterocycles. The summed E-state index contributed by atoms with van der Waals surface area (Å²) >= 11 is 0. The summed E-state index contributed by atoms with van der Waals surface area (Å²) in [5.74, 6) is 0.756. The van der Waals surface area contributed by atoms with E-state index in [9.17, 15) is 0 Å². The summed E-state index contributed by atoms with van der Waals surface area (Å²) in [7, 11) is 0. The van der Waals surface area contributed by atoms with Crippen molar-refractivity contribution in [1.29, 1.82) is 0 Å². The number of nitrogens with two attached hydrogens (primary N) is 1. The van der Waals surface area contributed by atoms with E-state index in [0.29, 0.717) is 0 Å². The smallest absolute Gasteiger partial charge is 0.0489 e. The molecule has 1 fully saturated rings. The van der Waals surface area contributed by atoms with Crippen molar-refractivity contribution in [3.63, 3.8) is 0 Å². The lowest BCUT2D eigenvalue weighted by molar-refractivity contribution is 0.164. The molecule has 0 atom stereocenters. The van der Waals surface area contributed by atoms with Gasteiger partial charge in [0.15, 0.2) is 0 Å². The van der Waals surface area contributed by atoms with Crippen LogP contribution in [0.3, 0.4) is 0 Å². The van der Waals surface area contributed by atoms with Gasteiger partial charge in [0.05, 0.1) is 0 Å². The molecule has 20 heavy (non-hydrogen) atoms. The lowest BCUT2D eigenvalue weighted by Gasteiger charge is -2.32. The summed E-state index contributed by atoms with van der Waals surface area (Å²) < 4.78 is 2.05. The van der Waals surface area contributed by atoms with Gasteiger partial charge in [-0.25, -0.2) is 0 Å². The van der Waals surface area contributed by atoms with Crippen molar-refractivity contribution in [1.82, 2.24) is 14.7 Å². The number of nitrogen functional groups attached to an aromatic ring is 1. The quantitative estimate of drug-likeness (QED) is 0.868. The number of rotatable bonds is 4. The predicted octanol–water partition coefficient (Wildman–Crippen LogP) is 2.38. The Hall–Kier alpha value is -1.81. The monoisotopic (exact) mass is 270 g/mol. The molecule has 0 unspecified atom stereocenters. The van der Waals surface area contributed by atoms with Crippen molar-refractivity contribution >= 4 is 5.69 Å². The van der Waals surface area contributed by atoms with Gasteiger partial charge in [-0.15, -0.1) is 0 Å². The zero-order valence-electron chi connectivity index (χ0n) is 11.8. The molecule has 0 saturated carbocycles. The molecular weight excluding hydrogens is 248 g/mol. The molecule has 2 N–H and O–H groups in total. The van der Waals surface area contributed by atoms with Crippen LogP contribution in [0.2, 0.25) is 0 Å². The van der Waals surface area contributed by atoms with E-state index in [0.717, 1.165) is 24.7 Å². The van der Waals surface area contributed by atoms with Gasteiger partial charge in [0.25, 0.3) is 0 Å². The first-order valence-electron chi connectivity index (χ1n) is 7.34. The number of benzene rings is 1. The third-order valence-corrected chi connectivity index (χ3v) is 4.07. The Balaban J connectivity index is 1.48. The van der Waals surface area contributed by atoms with Crippen LogP contribution in [0, 0.1) is 5.92 Å². The van der Waals surface area contributed by atoms with Crippen LogP contribution in [0.5, 0.6) is 0 Å². The van der Waals surface area contributed by atoms with Crippen LogP contribution >= 0.6 is 0 Å². The molecule has 4 heteroatoms. The first-order chi connectivity index (χ1) is 9.79. The van der Waals surface area contributed by atoms with E-state index in [-0.39, 0.29) is 0 Å². The Morgan fingerprint density at radius 2 is 2.05 bits per heavy atom. The first kappa shape index (κ1) is 13.2. The summed E-state index contributed by atoms with van der Waals surface area (Å²) in [5.41, 5.74) is 8.01. The van der Waals surface area contributed by atoms with Gasteiger partial charge in [-0.1, -0.05) is 12.1 Å². The lowest BCUT2D eigenvalue weighted by atomic mass is 9.96. The number of nitrogens with zero attached hydrogens (tertiary/aromatic N) is 3. The molecule has 2 aromatic rings. The normalized spacial score (nSPS) is 17.4. The number of hydrogen-bond acceptors (Lipinski definition) is 3. The highest BCUT2D eigenvalue weighted by molar-refractivity contribution is 5.40. The highest BCUT2D eigenvalue weighted by atomic mass is 15.3. The molecule has 4 nitrogen and oxygen atoms in total. The molecule has 0 bridgehead atoms. The maximum Gasteiger partial charge on any atom is 0.0489 e. The number of hydrogen-bond donors (Lipinski definition) is 1. The largest absolute Gasteiger partial charge is 0.399 e.